The molecule has 8 nitrogen and oxygen atoms in total. The van der Waals surface area contributed by atoms with Crippen molar-refractivity contribution in [1.29, 1.82) is 0 Å². The molecule has 0 bridgehead atoms. The fourth-order valence-corrected chi connectivity index (χ4v) is 4.46. The lowest BCUT2D eigenvalue weighted by atomic mass is 9.96. The molecule has 1 atom stereocenters. The predicted octanol–water partition coefficient (Wildman–Crippen LogP) is 1.58. The van der Waals surface area contributed by atoms with E-state index < -0.39 is 11.9 Å². The minimum absolute atomic E-state index is 0.138. The molecule has 1 aromatic rings. The highest BCUT2D eigenvalue weighted by Crippen LogP contribution is 2.28. The maximum atomic E-state index is 12.5. The van der Waals surface area contributed by atoms with E-state index in [4.69, 9.17) is 0 Å². The third-order valence-electron chi connectivity index (χ3n) is 6.03. The number of nitrogens with one attached hydrogen (secondary N) is 3. The van der Waals surface area contributed by atoms with Crippen LogP contribution in [0.1, 0.15) is 66.4 Å². The third kappa shape index (κ3) is 4.48. The summed E-state index contributed by atoms with van der Waals surface area (Å²) in [4.78, 5) is 50.1. The van der Waals surface area contributed by atoms with Crippen LogP contribution in [0.2, 0.25) is 0 Å². The van der Waals surface area contributed by atoms with Gasteiger partial charge in [-0.3, -0.25) is 29.9 Å². The van der Waals surface area contributed by atoms with Gasteiger partial charge in [0.25, 0.3) is 5.91 Å². The van der Waals surface area contributed by atoms with Gasteiger partial charge in [0.1, 0.15) is 0 Å². The third-order valence-corrected chi connectivity index (χ3v) is 6.03. The Labute approximate surface area is 169 Å². The molecule has 4 rings (SSSR count). The normalized spacial score (nSPS) is 22.7. The number of rotatable bonds is 3. The first-order valence-electron chi connectivity index (χ1n) is 10.3. The summed E-state index contributed by atoms with van der Waals surface area (Å²) in [6, 6.07) is 4.71. The Kier molecular flexibility index (Phi) is 5.62. The molecule has 0 radical (unpaired) electrons. The quantitative estimate of drug-likeness (QED) is 0.670. The van der Waals surface area contributed by atoms with Gasteiger partial charge in [0.15, 0.2) is 0 Å². The standard InChI is InChI=1S/C21H26N4O4/c26-18-9-8-17(20(28)23-18)25-11-14-7-6-13(10-15(14)12-25)19(27)24-21(29)22-16-4-2-1-3-5-16/h6-7,10,16-17H,1-5,8-9,11-12H2,(H,23,26,28)(H2,22,24,27,29). The van der Waals surface area contributed by atoms with Gasteiger partial charge in [0, 0.05) is 31.1 Å². The number of hydrogen-bond donors (Lipinski definition) is 3. The van der Waals surface area contributed by atoms with Crippen LogP contribution in [0.15, 0.2) is 18.2 Å². The second-order valence-corrected chi connectivity index (χ2v) is 8.12. The van der Waals surface area contributed by atoms with Crippen LogP contribution in [0.3, 0.4) is 0 Å². The lowest BCUT2D eigenvalue weighted by Crippen LogP contribution is -2.50. The van der Waals surface area contributed by atoms with E-state index in [0.29, 0.717) is 31.5 Å². The molecule has 3 N–H and O–H groups in total. The smallest absolute Gasteiger partial charge is 0.321 e. The monoisotopic (exact) mass is 398 g/mol. The van der Waals surface area contributed by atoms with E-state index >= 15 is 0 Å². The molecule has 0 spiro atoms. The van der Waals surface area contributed by atoms with E-state index in [1.165, 1.54) is 6.42 Å². The molecule has 1 aromatic carbocycles. The van der Waals surface area contributed by atoms with Crippen LogP contribution >= 0.6 is 0 Å². The lowest BCUT2D eigenvalue weighted by molar-refractivity contribution is -0.137. The molecule has 1 saturated heterocycles. The summed E-state index contributed by atoms with van der Waals surface area (Å²) in [6.07, 6.45) is 6.16. The average molecular weight is 398 g/mol. The van der Waals surface area contributed by atoms with Gasteiger partial charge in [-0.2, -0.15) is 0 Å². The maximum absolute atomic E-state index is 12.5. The first-order valence-corrected chi connectivity index (χ1v) is 10.3. The van der Waals surface area contributed by atoms with E-state index in [2.05, 4.69) is 16.0 Å². The van der Waals surface area contributed by atoms with Gasteiger partial charge >= 0.3 is 6.03 Å². The van der Waals surface area contributed by atoms with Crippen LogP contribution in [0.4, 0.5) is 4.79 Å². The van der Waals surface area contributed by atoms with E-state index in [1.807, 2.05) is 11.0 Å². The maximum Gasteiger partial charge on any atom is 0.321 e. The van der Waals surface area contributed by atoms with Crippen LogP contribution in [0, 0.1) is 0 Å². The minimum Gasteiger partial charge on any atom is -0.335 e. The molecule has 2 aliphatic heterocycles. The number of urea groups is 1. The average Bonchev–Trinajstić information content (AvgIpc) is 3.11. The summed E-state index contributed by atoms with van der Waals surface area (Å²) in [5.41, 5.74) is 2.45. The number of nitrogens with zero attached hydrogens (tertiary/aromatic N) is 1. The Morgan fingerprint density at radius 2 is 1.76 bits per heavy atom. The molecule has 8 heteroatoms. The first kappa shape index (κ1) is 19.6. The summed E-state index contributed by atoms with van der Waals surface area (Å²) in [5.74, 6) is -0.916. The fraction of sp³-hybridized carbons (Fsp3) is 0.524. The van der Waals surface area contributed by atoms with E-state index in [1.54, 1.807) is 12.1 Å². The minimum atomic E-state index is -0.451. The lowest BCUT2D eigenvalue weighted by Gasteiger charge is -2.29. The summed E-state index contributed by atoms with van der Waals surface area (Å²) in [5, 5.41) is 7.69. The Balaban J connectivity index is 1.35. The highest BCUT2D eigenvalue weighted by atomic mass is 16.2. The zero-order valence-electron chi connectivity index (χ0n) is 16.3. The Morgan fingerprint density at radius 1 is 1.00 bits per heavy atom. The van der Waals surface area contributed by atoms with Crippen LogP contribution in [0.5, 0.6) is 0 Å². The van der Waals surface area contributed by atoms with E-state index in [9.17, 15) is 19.2 Å². The largest absolute Gasteiger partial charge is 0.335 e. The summed E-state index contributed by atoms with van der Waals surface area (Å²) in [6.45, 7) is 1.14. The van der Waals surface area contributed by atoms with Crippen molar-refractivity contribution in [3.63, 3.8) is 0 Å². The number of benzene rings is 1. The summed E-state index contributed by atoms with van der Waals surface area (Å²) in [7, 11) is 0. The number of imide groups is 2. The number of carbonyl (C=O) groups is 4. The first-order chi connectivity index (χ1) is 14.0. The van der Waals surface area contributed by atoms with Crippen molar-refractivity contribution in [3.05, 3.63) is 34.9 Å². The molecule has 1 unspecified atom stereocenters. The summed E-state index contributed by atoms with van der Waals surface area (Å²) >= 11 is 0. The molecule has 29 heavy (non-hydrogen) atoms. The second-order valence-electron chi connectivity index (χ2n) is 8.12. The molecule has 0 aromatic heterocycles. The van der Waals surface area contributed by atoms with Crippen molar-refractivity contribution in [2.45, 2.75) is 70.1 Å². The molecule has 5 amide bonds. The molecule has 2 fully saturated rings. The van der Waals surface area contributed by atoms with Crippen LogP contribution in [0.25, 0.3) is 0 Å². The highest BCUT2D eigenvalue weighted by molar-refractivity contribution is 6.04. The van der Waals surface area contributed by atoms with Crippen molar-refractivity contribution >= 4 is 23.8 Å². The molecule has 2 heterocycles. The Hall–Kier alpha value is -2.74. The zero-order valence-corrected chi connectivity index (χ0v) is 16.3. The van der Waals surface area contributed by atoms with E-state index in [0.717, 1.165) is 36.8 Å². The Bertz CT molecular complexity index is 847. The van der Waals surface area contributed by atoms with Gasteiger partial charge < -0.3 is 5.32 Å². The van der Waals surface area contributed by atoms with Crippen molar-refractivity contribution in [2.24, 2.45) is 0 Å². The van der Waals surface area contributed by atoms with Crippen LogP contribution in [-0.4, -0.2) is 40.7 Å². The zero-order chi connectivity index (χ0) is 20.4. The van der Waals surface area contributed by atoms with Gasteiger partial charge in [0.05, 0.1) is 6.04 Å². The molecule has 1 aliphatic carbocycles. The fourth-order valence-electron chi connectivity index (χ4n) is 4.46. The number of piperidine rings is 1. The van der Waals surface area contributed by atoms with Gasteiger partial charge in [-0.15, -0.1) is 0 Å². The van der Waals surface area contributed by atoms with Gasteiger partial charge in [-0.25, -0.2) is 4.79 Å². The van der Waals surface area contributed by atoms with Crippen molar-refractivity contribution in [3.8, 4) is 0 Å². The van der Waals surface area contributed by atoms with Gasteiger partial charge in [-0.05, 0) is 42.5 Å². The van der Waals surface area contributed by atoms with Crippen molar-refractivity contribution in [1.82, 2.24) is 20.9 Å². The van der Waals surface area contributed by atoms with Gasteiger partial charge in [-0.1, -0.05) is 25.3 Å². The van der Waals surface area contributed by atoms with Crippen molar-refractivity contribution < 1.29 is 19.2 Å². The number of fused-ring (bicyclic) bond motifs is 1. The molecule has 3 aliphatic rings. The number of carbonyl (C=O) groups excluding carboxylic acids is 4. The molecular weight excluding hydrogens is 372 g/mol. The number of hydrogen-bond acceptors (Lipinski definition) is 5. The summed E-state index contributed by atoms with van der Waals surface area (Å²) < 4.78 is 0. The van der Waals surface area contributed by atoms with Crippen LogP contribution in [-0.2, 0) is 22.7 Å². The highest BCUT2D eigenvalue weighted by Gasteiger charge is 2.34. The molecule has 1 saturated carbocycles. The molecule has 154 valence electrons. The van der Waals surface area contributed by atoms with Gasteiger partial charge in [0.2, 0.25) is 11.8 Å². The SMILES string of the molecule is O=C1CCC(N2Cc3ccc(C(=O)NC(=O)NC4CCCCC4)cc3C2)C(=O)N1. The number of amides is 5. The topological polar surface area (TPSA) is 108 Å². The molecular formula is C21H26N4O4. The van der Waals surface area contributed by atoms with Crippen molar-refractivity contribution in [2.75, 3.05) is 0 Å². The Morgan fingerprint density at radius 3 is 2.52 bits per heavy atom. The van der Waals surface area contributed by atoms with E-state index in [-0.39, 0.29) is 23.9 Å². The van der Waals surface area contributed by atoms with Crippen LogP contribution < -0.4 is 16.0 Å². The second kappa shape index (κ2) is 8.32. The predicted molar refractivity (Wildman–Crippen MR) is 105 cm³/mol.